The third-order valence-electron chi connectivity index (χ3n) is 2.41. The Morgan fingerprint density at radius 2 is 2.20 bits per heavy atom. The highest BCUT2D eigenvalue weighted by Gasteiger charge is 2.25. The van der Waals surface area contributed by atoms with E-state index in [2.05, 4.69) is 10.3 Å². The molecular formula is C13H15N3O4. The number of carboxylic acids is 1. The maximum Gasteiger partial charge on any atom is 0.338 e. The quantitative estimate of drug-likeness (QED) is 0.828. The molecule has 0 aliphatic rings. The fourth-order valence-corrected chi connectivity index (χ4v) is 1.47. The van der Waals surface area contributed by atoms with Gasteiger partial charge in [0.1, 0.15) is 11.2 Å². The zero-order valence-corrected chi connectivity index (χ0v) is 11.4. The number of aromatic carboxylic acids is 1. The molecule has 0 atom stereocenters. The van der Waals surface area contributed by atoms with E-state index in [-0.39, 0.29) is 17.9 Å². The molecule has 0 fully saturated rings. The van der Waals surface area contributed by atoms with Crippen LogP contribution in [0.15, 0.2) is 12.3 Å². The molecule has 1 amide bonds. The fourth-order valence-electron chi connectivity index (χ4n) is 1.47. The molecule has 0 spiro atoms. The van der Waals surface area contributed by atoms with Crippen molar-refractivity contribution in [1.29, 1.82) is 5.26 Å². The lowest BCUT2D eigenvalue weighted by Gasteiger charge is -2.17. The minimum absolute atomic E-state index is 0.193. The highest BCUT2D eigenvalue weighted by atomic mass is 16.5. The van der Waals surface area contributed by atoms with Crippen molar-refractivity contribution in [3.05, 3.63) is 29.1 Å². The molecule has 1 heterocycles. The number of methoxy groups -OCH3 is 1. The first-order chi connectivity index (χ1) is 9.30. The van der Waals surface area contributed by atoms with Crippen LogP contribution in [0.25, 0.3) is 0 Å². The first-order valence-electron chi connectivity index (χ1n) is 5.75. The molecule has 0 saturated carbocycles. The van der Waals surface area contributed by atoms with E-state index in [9.17, 15) is 9.59 Å². The van der Waals surface area contributed by atoms with Gasteiger partial charge >= 0.3 is 5.97 Å². The van der Waals surface area contributed by atoms with E-state index in [4.69, 9.17) is 15.1 Å². The molecule has 20 heavy (non-hydrogen) atoms. The SMILES string of the molecule is COCc1cnc(C(=O)NC(C)(C)C#N)c(C(=O)O)c1. The minimum atomic E-state index is -1.27. The van der Waals surface area contributed by atoms with E-state index in [1.807, 2.05) is 6.07 Å². The number of nitrogens with zero attached hydrogens (tertiary/aromatic N) is 2. The third-order valence-corrected chi connectivity index (χ3v) is 2.41. The summed E-state index contributed by atoms with van der Waals surface area (Å²) in [6.07, 6.45) is 1.37. The van der Waals surface area contributed by atoms with Crippen LogP contribution in [0.1, 0.15) is 40.3 Å². The van der Waals surface area contributed by atoms with E-state index in [0.717, 1.165) is 0 Å². The lowest BCUT2D eigenvalue weighted by atomic mass is 10.1. The summed E-state index contributed by atoms with van der Waals surface area (Å²) in [6.45, 7) is 3.20. The third kappa shape index (κ3) is 3.76. The molecule has 0 aromatic carbocycles. The topological polar surface area (TPSA) is 112 Å². The molecule has 0 saturated heterocycles. The Morgan fingerprint density at radius 3 is 2.70 bits per heavy atom. The van der Waals surface area contributed by atoms with Crippen LogP contribution in [0.4, 0.5) is 0 Å². The van der Waals surface area contributed by atoms with Crippen molar-refractivity contribution in [3.63, 3.8) is 0 Å². The Labute approximate surface area is 116 Å². The summed E-state index contributed by atoms with van der Waals surface area (Å²) in [5, 5.41) is 20.4. The molecule has 0 radical (unpaired) electrons. The van der Waals surface area contributed by atoms with Crippen molar-refractivity contribution < 1.29 is 19.4 Å². The number of amides is 1. The van der Waals surface area contributed by atoms with Gasteiger partial charge in [-0.3, -0.25) is 4.79 Å². The Kier molecular flexibility index (Phi) is 4.78. The van der Waals surface area contributed by atoms with Crippen LogP contribution in [-0.4, -0.2) is 34.6 Å². The molecular weight excluding hydrogens is 262 g/mol. The number of carbonyl (C=O) groups is 2. The van der Waals surface area contributed by atoms with Crippen LogP contribution in [0, 0.1) is 11.3 Å². The van der Waals surface area contributed by atoms with Gasteiger partial charge in [0.15, 0.2) is 0 Å². The van der Waals surface area contributed by atoms with Gasteiger partial charge in [-0.2, -0.15) is 5.26 Å². The molecule has 0 aliphatic carbocycles. The zero-order valence-electron chi connectivity index (χ0n) is 11.4. The number of nitrogens with one attached hydrogen (secondary N) is 1. The second kappa shape index (κ2) is 6.12. The van der Waals surface area contributed by atoms with Gasteiger partial charge in [-0.15, -0.1) is 0 Å². The van der Waals surface area contributed by atoms with Crippen molar-refractivity contribution >= 4 is 11.9 Å². The van der Waals surface area contributed by atoms with Gasteiger partial charge in [0.25, 0.3) is 5.91 Å². The monoisotopic (exact) mass is 277 g/mol. The zero-order chi connectivity index (χ0) is 15.3. The molecule has 7 nitrogen and oxygen atoms in total. The standard InChI is InChI=1S/C13H15N3O4/c1-13(2,7-14)16-11(17)10-9(12(18)19)4-8(5-15-10)6-20-3/h4-5H,6H2,1-3H3,(H,16,17)(H,18,19). The van der Waals surface area contributed by atoms with Gasteiger partial charge in [-0.1, -0.05) is 0 Å². The average molecular weight is 277 g/mol. The number of nitriles is 1. The second-order valence-electron chi connectivity index (χ2n) is 4.67. The lowest BCUT2D eigenvalue weighted by Crippen LogP contribution is -2.43. The summed E-state index contributed by atoms with van der Waals surface area (Å²) in [5.41, 5.74) is -1.04. The molecule has 2 N–H and O–H groups in total. The van der Waals surface area contributed by atoms with Crippen LogP contribution >= 0.6 is 0 Å². The molecule has 106 valence electrons. The van der Waals surface area contributed by atoms with Crippen molar-refractivity contribution in [2.24, 2.45) is 0 Å². The molecule has 1 aromatic heterocycles. The Morgan fingerprint density at radius 1 is 1.55 bits per heavy atom. The summed E-state index contributed by atoms with van der Waals surface area (Å²) in [4.78, 5) is 27.0. The number of ether oxygens (including phenoxy) is 1. The Hall–Kier alpha value is -2.46. The largest absolute Gasteiger partial charge is 0.478 e. The van der Waals surface area contributed by atoms with Crippen molar-refractivity contribution in [2.75, 3.05) is 7.11 Å². The second-order valence-corrected chi connectivity index (χ2v) is 4.67. The van der Waals surface area contributed by atoms with E-state index in [1.54, 1.807) is 0 Å². The smallest absolute Gasteiger partial charge is 0.338 e. The number of hydrogen-bond acceptors (Lipinski definition) is 5. The van der Waals surface area contributed by atoms with Crippen LogP contribution < -0.4 is 5.32 Å². The lowest BCUT2D eigenvalue weighted by molar-refractivity contribution is 0.0688. The Bertz CT molecular complexity index is 575. The number of hydrogen-bond donors (Lipinski definition) is 2. The summed E-state index contributed by atoms with van der Waals surface area (Å²) in [7, 11) is 1.47. The molecule has 7 heteroatoms. The maximum atomic E-state index is 12.0. The first-order valence-corrected chi connectivity index (χ1v) is 5.75. The first kappa shape index (κ1) is 15.6. The van der Waals surface area contributed by atoms with Crippen molar-refractivity contribution in [1.82, 2.24) is 10.3 Å². The molecule has 0 aliphatic heterocycles. The molecule has 1 rings (SSSR count). The maximum absolute atomic E-state index is 12.0. The predicted molar refractivity (Wildman–Crippen MR) is 69.1 cm³/mol. The summed E-state index contributed by atoms with van der Waals surface area (Å²) < 4.78 is 4.88. The van der Waals surface area contributed by atoms with Gasteiger partial charge < -0.3 is 15.2 Å². The van der Waals surface area contributed by atoms with E-state index in [1.165, 1.54) is 33.2 Å². The minimum Gasteiger partial charge on any atom is -0.478 e. The average Bonchev–Trinajstić information content (AvgIpc) is 2.38. The normalized spacial score (nSPS) is 10.7. The number of aromatic nitrogens is 1. The van der Waals surface area contributed by atoms with Crippen LogP contribution in [0.3, 0.4) is 0 Å². The summed E-state index contributed by atoms with van der Waals surface area (Å²) >= 11 is 0. The van der Waals surface area contributed by atoms with Gasteiger partial charge in [0, 0.05) is 13.3 Å². The fraction of sp³-hybridized carbons (Fsp3) is 0.385. The van der Waals surface area contributed by atoms with Gasteiger partial charge in [0.2, 0.25) is 0 Å². The highest BCUT2D eigenvalue weighted by molar-refractivity contribution is 6.03. The van der Waals surface area contributed by atoms with Crippen LogP contribution in [0.5, 0.6) is 0 Å². The summed E-state index contributed by atoms with van der Waals surface area (Å²) in [5.74, 6) is -1.98. The highest BCUT2D eigenvalue weighted by Crippen LogP contribution is 2.12. The molecule has 0 unspecified atom stereocenters. The van der Waals surface area contributed by atoms with Crippen LogP contribution in [0.2, 0.25) is 0 Å². The predicted octanol–water partition coefficient (Wildman–Crippen LogP) is 0.958. The van der Waals surface area contributed by atoms with Crippen molar-refractivity contribution in [3.8, 4) is 6.07 Å². The van der Waals surface area contributed by atoms with Gasteiger partial charge in [-0.25, -0.2) is 9.78 Å². The number of carbonyl (C=O) groups excluding carboxylic acids is 1. The Balaban J connectivity index is 3.15. The number of carboxylic acid groups (broad SMARTS) is 1. The van der Waals surface area contributed by atoms with Gasteiger partial charge in [-0.05, 0) is 25.5 Å². The van der Waals surface area contributed by atoms with Gasteiger partial charge in [0.05, 0.1) is 18.2 Å². The van der Waals surface area contributed by atoms with Crippen molar-refractivity contribution in [2.45, 2.75) is 26.0 Å². The summed E-state index contributed by atoms with van der Waals surface area (Å²) in [6, 6.07) is 3.22. The van der Waals surface area contributed by atoms with E-state index >= 15 is 0 Å². The van der Waals surface area contributed by atoms with E-state index < -0.39 is 17.4 Å². The number of rotatable bonds is 5. The molecule has 1 aromatic rings. The number of pyridine rings is 1. The van der Waals surface area contributed by atoms with E-state index in [0.29, 0.717) is 5.56 Å². The van der Waals surface area contributed by atoms with Crippen LogP contribution in [-0.2, 0) is 11.3 Å². The molecule has 0 bridgehead atoms.